The van der Waals surface area contributed by atoms with E-state index < -0.39 is 0 Å². The van der Waals surface area contributed by atoms with Gasteiger partial charge in [-0.05, 0) is 30.9 Å². The summed E-state index contributed by atoms with van der Waals surface area (Å²) < 4.78 is 11.3. The third kappa shape index (κ3) is 6.25. The zero-order chi connectivity index (χ0) is 17.2. The number of ether oxygens (including phenoxy) is 2. The van der Waals surface area contributed by atoms with E-state index in [9.17, 15) is 5.11 Å². The molecule has 1 aromatic rings. The molecule has 1 heterocycles. The fraction of sp³-hybridized carbons (Fsp3) is 0.650. The van der Waals surface area contributed by atoms with E-state index in [1.54, 1.807) is 0 Å². The van der Waals surface area contributed by atoms with Crippen LogP contribution in [0, 0.1) is 5.92 Å². The number of unbranched alkanes of at least 4 members (excludes halogenated alkanes) is 2. The second-order valence-corrected chi connectivity index (χ2v) is 6.67. The largest absolute Gasteiger partial charge is 0.475 e. The molecule has 2 rings (SSSR count). The van der Waals surface area contributed by atoms with Gasteiger partial charge in [-0.3, -0.25) is 0 Å². The minimum Gasteiger partial charge on any atom is -0.475 e. The molecule has 24 heavy (non-hydrogen) atoms. The molecule has 0 fully saturated rings. The van der Waals surface area contributed by atoms with Gasteiger partial charge in [0, 0.05) is 12.2 Å². The third-order valence-corrected chi connectivity index (χ3v) is 4.52. The third-order valence-electron chi connectivity index (χ3n) is 4.52. The van der Waals surface area contributed by atoms with Gasteiger partial charge in [-0.25, -0.2) is 4.99 Å². The fourth-order valence-corrected chi connectivity index (χ4v) is 2.86. The first-order valence-corrected chi connectivity index (χ1v) is 9.22. The van der Waals surface area contributed by atoms with Crippen LogP contribution in [0.3, 0.4) is 0 Å². The lowest BCUT2D eigenvalue weighted by molar-refractivity contribution is 0.0466. The highest BCUT2D eigenvalue weighted by molar-refractivity contribution is 5.95. The van der Waals surface area contributed by atoms with Crippen molar-refractivity contribution in [3.05, 3.63) is 35.9 Å². The van der Waals surface area contributed by atoms with E-state index in [4.69, 9.17) is 9.47 Å². The maximum atomic E-state index is 10.2. The summed E-state index contributed by atoms with van der Waals surface area (Å²) in [6.45, 7) is 6.02. The molecule has 4 nitrogen and oxygen atoms in total. The Kier molecular flexibility index (Phi) is 8.26. The lowest BCUT2D eigenvalue weighted by atomic mass is 9.96. The molecule has 0 aromatic heterocycles. The van der Waals surface area contributed by atoms with Crippen molar-refractivity contribution in [2.75, 3.05) is 19.8 Å². The van der Waals surface area contributed by atoms with E-state index >= 15 is 0 Å². The molecule has 0 spiro atoms. The van der Waals surface area contributed by atoms with Crippen LogP contribution in [0.25, 0.3) is 0 Å². The van der Waals surface area contributed by atoms with Crippen LogP contribution in [0.15, 0.2) is 35.3 Å². The zero-order valence-electron chi connectivity index (χ0n) is 15.0. The fourth-order valence-electron chi connectivity index (χ4n) is 2.86. The molecule has 0 saturated heterocycles. The van der Waals surface area contributed by atoms with E-state index in [1.165, 1.54) is 19.3 Å². The number of benzene rings is 1. The van der Waals surface area contributed by atoms with Gasteiger partial charge in [-0.15, -0.1) is 0 Å². The molecule has 0 saturated carbocycles. The van der Waals surface area contributed by atoms with Gasteiger partial charge in [-0.2, -0.15) is 0 Å². The number of aliphatic hydroxyl groups is 1. The molecule has 1 aromatic carbocycles. The first kappa shape index (κ1) is 18.9. The number of aliphatic hydroxyl groups excluding tert-OH is 1. The summed E-state index contributed by atoms with van der Waals surface area (Å²) in [6.07, 6.45) is 5.18. The summed E-state index contributed by atoms with van der Waals surface area (Å²) in [5.41, 5.74) is 1.01. The first-order valence-electron chi connectivity index (χ1n) is 9.22. The predicted molar refractivity (Wildman–Crippen MR) is 97.5 cm³/mol. The van der Waals surface area contributed by atoms with Gasteiger partial charge in [0.1, 0.15) is 12.6 Å². The Labute approximate surface area is 145 Å². The Morgan fingerprint density at radius 3 is 2.79 bits per heavy atom. The van der Waals surface area contributed by atoms with Crippen molar-refractivity contribution in [2.45, 2.75) is 58.1 Å². The van der Waals surface area contributed by atoms with Crippen molar-refractivity contribution in [2.24, 2.45) is 10.9 Å². The monoisotopic (exact) mass is 333 g/mol. The van der Waals surface area contributed by atoms with Crippen LogP contribution < -0.4 is 0 Å². The number of rotatable bonds is 11. The highest BCUT2D eigenvalue weighted by Gasteiger charge is 2.20. The number of hydrogen-bond acceptors (Lipinski definition) is 4. The minimum absolute atomic E-state index is 0.0549. The Morgan fingerprint density at radius 1 is 1.25 bits per heavy atom. The van der Waals surface area contributed by atoms with Crippen LogP contribution in [0.2, 0.25) is 0 Å². The second kappa shape index (κ2) is 10.5. The standard InChI is InChI=1S/C20H31NO3/c1-3-4-6-9-16(2)19(22)12-13-23-14-18-15-24-20(21-18)17-10-7-5-8-11-17/h5,7-8,10-11,16,18-19,22H,3-4,6,9,12-15H2,1-2H3. The van der Waals surface area contributed by atoms with Crippen molar-refractivity contribution in [3.63, 3.8) is 0 Å². The predicted octanol–water partition coefficient (Wildman–Crippen LogP) is 3.82. The van der Waals surface area contributed by atoms with E-state index in [2.05, 4.69) is 18.8 Å². The van der Waals surface area contributed by atoms with Crippen molar-refractivity contribution in [3.8, 4) is 0 Å². The Balaban J connectivity index is 1.62. The molecule has 3 atom stereocenters. The van der Waals surface area contributed by atoms with Crippen molar-refractivity contribution in [1.29, 1.82) is 0 Å². The SMILES string of the molecule is CCCCCC(C)C(O)CCOCC1COC(c2ccccc2)=N1. The van der Waals surface area contributed by atoms with Gasteiger partial charge in [0.25, 0.3) is 0 Å². The summed E-state index contributed by atoms with van der Waals surface area (Å²) in [5.74, 6) is 1.05. The van der Waals surface area contributed by atoms with Gasteiger partial charge in [-0.1, -0.05) is 51.3 Å². The van der Waals surface area contributed by atoms with Crippen LogP contribution >= 0.6 is 0 Å². The van der Waals surface area contributed by atoms with Crippen LogP contribution in [0.4, 0.5) is 0 Å². The van der Waals surface area contributed by atoms with Crippen molar-refractivity contribution >= 4 is 5.90 Å². The molecule has 0 bridgehead atoms. The molecular weight excluding hydrogens is 302 g/mol. The van der Waals surface area contributed by atoms with Gasteiger partial charge in [0.2, 0.25) is 5.90 Å². The smallest absolute Gasteiger partial charge is 0.216 e. The second-order valence-electron chi connectivity index (χ2n) is 6.67. The Morgan fingerprint density at radius 2 is 2.04 bits per heavy atom. The molecule has 1 N–H and O–H groups in total. The average molecular weight is 333 g/mol. The Bertz CT molecular complexity index is 489. The average Bonchev–Trinajstić information content (AvgIpc) is 3.08. The lowest BCUT2D eigenvalue weighted by Crippen LogP contribution is -2.22. The van der Waals surface area contributed by atoms with E-state index in [1.807, 2.05) is 30.3 Å². The first-order chi connectivity index (χ1) is 11.7. The van der Waals surface area contributed by atoms with Crippen LogP contribution in [-0.4, -0.2) is 43.0 Å². The number of nitrogens with zero attached hydrogens (tertiary/aromatic N) is 1. The molecule has 0 amide bonds. The maximum Gasteiger partial charge on any atom is 0.216 e. The van der Waals surface area contributed by atoms with Crippen LogP contribution in [0.5, 0.6) is 0 Å². The number of hydrogen-bond donors (Lipinski definition) is 1. The summed E-state index contributed by atoms with van der Waals surface area (Å²) >= 11 is 0. The molecule has 0 aliphatic carbocycles. The summed E-state index contributed by atoms with van der Waals surface area (Å²) in [4.78, 5) is 4.57. The quantitative estimate of drug-likeness (QED) is 0.626. The molecule has 4 heteroatoms. The maximum absolute atomic E-state index is 10.2. The van der Waals surface area contributed by atoms with Crippen molar-refractivity contribution < 1.29 is 14.6 Å². The summed E-state index contributed by atoms with van der Waals surface area (Å²) in [6, 6.07) is 9.99. The van der Waals surface area contributed by atoms with E-state index in [0.29, 0.717) is 38.1 Å². The van der Waals surface area contributed by atoms with Crippen LogP contribution in [0.1, 0.15) is 51.5 Å². The molecule has 0 radical (unpaired) electrons. The molecule has 134 valence electrons. The zero-order valence-corrected chi connectivity index (χ0v) is 15.0. The summed E-state index contributed by atoms with van der Waals surface area (Å²) in [5, 5.41) is 10.2. The normalized spacial score (nSPS) is 19.6. The van der Waals surface area contributed by atoms with Crippen LogP contribution in [-0.2, 0) is 9.47 Å². The van der Waals surface area contributed by atoms with E-state index in [0.717, 1.165) is 12.0 Å². The van der Waals surface area contributed by atoms with Gasteiger partial charge in [0.15, 0.2) is 0 Å². The minimum atomic E-state index is -0.273. The van der Waals surface area contributed by atoms with Gasteiger partial charge < -0.3 is 14.6 Å². The molecule has 1 aliphatic rings. The topological polar surface area (TPSA) is 51.0 Å². The lowest BCUT2D eigenvalue weighted by Gasteiger charge is -2.18. The van der Waals surface area contributed by atoms with E-state index in [-0.39, 0.29) is 12.1 Å². The highest BCUT2D eigenvalue weighted by Crippen LogP contribution is 2.16. The summed E-state index contributed by atoms with van der Waals surface area (Å²) in [7, 11) is 0. The molecular formula is C20H31NO3. The Hall–Kier alpha value is -1.39. The number of aliphatic imine (C=N–C) groups is 1. The van der Waals surface area contributed by atoms with Crippen molar-refractivity contribution in [1.82, 2.24) is 0 Å². The molecule has 1 aliphatic heterocycles. The highest BCUT2D eigenvalue weighted by atomic mass is 16.5. The van der Waals surface area contributed by atoms with Gasteiger partial charge >= 0.3 is 0 Å². The molecule has 3 unspecified atom stereocenters. The van der Waals surface area contributed by atoms with Gasteiger partial charge in [0.05, 0.1) is 12.7 Å².